The summed E-state index contributed by atoms with van der Waals surface area (Å²) in [5.41, 5.74) is 0. The quantitative estimate of drug-likeness (QED) is 0.683. The zero-order valence-corrected chi connectivity index (χ0v) is 9.85. The van der Waals surface area contributed by atoms with Crippen molar-refractivity contribution < 1.29 is 14.3 Å². The maximum absolute atomic E-state index is 12.0. The van der Waals surface area contributed by atoms with Crippen LogP contribution in [-0.2, 0) is 14.3 Å². The summed E-state index contributed by atoms with van der Waals surface area (Å²) in [6.07, 6.45) is 2.93. The van der Waals surface area contributed by atoms with Gasteiger partial charge in [-0.25, -0.2) is 0 Å². The van der Waals surface area contributed by atoms with Crippen molar-refractivity contribution in [1.29, 1.82) is 0 Å². The van der Waals surface area contributed by atoms with Crippen LogP contribution in [0.2, 0.25) is 0 Å². The Bertz CT molecular complexity index is 317. The Morgan fingerprint density at radius 1 is 1.18 bits per heavy atom. The van der Waals surface area contributed by atoms with Crippen LogP contribution < -0.4 is 5.32 Å². The summed E-state index contributed by atoms with van der Waals surface area (Å²) in [7, 11) is 0. The van der Waals surface area contributed by atoms with Crippen LogP contribution in [0.1, 0.15) is 25.7 Å². The van der Waals surface area contributed by atoms with Crippen LogP contribution in [0.4, 0.5) is 0 Å². The molecule has 3 rings (SSSR count). The first kappa shape index (κ1) is 11.2. The number of rotatable bonds is 2. The van der Waals surface area contributed by atoms with Crippen molar-refractivity contribution in [2.45, 2.75) is 37.9 Å². The zero-order valence-electron chi connectivity index (χ0n) is 9.85. The number of imide groups is 1. The first-order chi connectivity index (χ1) is 8.25. The van der Waals surface area contributed by atoms with Crippen LogP contribution in [0.25, 0.3) is 0 Å². The average molecular weight is 238 g/mol. The summed E-state index contributed by atoms with van der Waals surface area (Å²) in [5, 5.41) is 3.31. The zero-order chi connectivity index (χ0) is 11.8. The molecule has 3 saturated heterocycles. The van der Waals surface area contributed by atoms with Gasteiger partial charge in [0.05, 0.1) is 0 Å². The molecule has 0 aromatic carbocycles. The highest BCUT2D eigenvalue weighted by molar-refractivity contribution is 6.02. The lowest BCUT2D eigenvalue weighted by Gasteiger charge is -2.33. The van der Waals surface area contributed by atoms with Gasteiger partial charge in [0.25, 0.3) is 11.8 Å². The molecule has 3 aliphatic rings. The van der Waals surface area contributed by atoms with Crippen LogP contribution in [-0.4, -0.2) is 48.6 Å². The molecular weight excluding hydrogens is 220 g/mol. The van der Waals surface area contributed by atoms with Gasteiger partial charge in [-0.15, -0.1) is 0 Å². The third-order valence-corrected chi connectivity index (χ3v) is 3.94. The SMILES string of the molecule is O=C1C2CCC(O2)C(=O)N1CC1CCCNC1. The lowest BCUT2D eigenvalue weighted by Crippen LogP contribution is -2.54. The van der Waals surface area contributed by atoms with Gasteiger partial charge >= 0.3 is 0 Å². The van der Waals surface area contributed by atoms with E-state index in [1.807, 2.05) is 0 Å². The summed E-state index contributed by atoms with van der Waals surface area (Å²) in [6, 6.07) is 0. The average Bonchev–Trinajstić information content (AvgIpc) is 2.81. The van der Waals surface area contributed by atoms with Crippen LogP contribution in [0.5, 0.6) is 0 Å². The third kappa shape index (κ3) is 1.98. The van der Waals surface area contributed by atoms with Gasteiger partial charge in [-0.2, -0.15) is 0 Å². The molecule has 0 aromatic heterocycles. The topological polar surface area (TPSA) is 58.6 Å². The molecule has 1 N–H and O–H groups in total. The Balaban J connectivity index is 1.68. The summed E-state index contributed by atoms with van der Waals surface area (Å²) in [5.74, 6) is 0.179. The van der Waals surface area contributed by atoms with Crippen molar-refractivity contribution in [2.75, 3.05) is 19.6 Å². The Kier molecular flexibility index (Phi) is 2.88. The molecule has 17 heavy (non-hydrogen) atoms. The number of fused-ring (bicyclic) bond motifs is 2. The molecule has 0 radical (unpaired) electrons. The monoisotopic (exact) mass is 238 g/mol. The van der Waals surface area contributed by atoms with E-state index < -0.39 is 0 Å². The standard InChI is InChI=1S/C12H18N2O3/c15-11-9-3-4-10(17-9)12(16)14(11)7-8-2-1-5-13-6-8/h8-10,13H,1-7H2. The van der Waals surface area contributed by atoms with Gasteiger partial charge in [-0.05, 0) is 44.7 Å². The third-order valence-electron chi connectivity index (χ3n) is 3.94. The first-order valence-corrected chi connectivity index (χ1v) is 6.47. The second-order valence-corrected chi connectivity index (χ2v) is 5.19. The summed E-state index contributed by atoms with van der Waals surface area (Å²) in [4.78, 5) is 25.5. The van der Waals surface area contributed by atoms with E-state index in [9.17, 15) is 9.59 Å². The molecule has 5 heteroatoms. The molecule has 2 bridgehead atoms. The van der Waals surface area contributed by atoms with E-state index in [1.165, 1.54) is 4.90 Å². The van der Waals surface area contributed by atoms with Crippen LogP contribution in [0.15, 0.2) is 0 Å². The highest BCUT2D eigenvalue weighted by Gasteiger charge is 2.46. The van der Waals surface area contributed by atoms with E-state index in [2.05, 4.69) is 5.32 Å². The number of amides is 2. The van der Waals surface area contributed by atoms with Gasteiger partial charge in [0, 0.05) is 6.54 Å². The molecule has 0 saturated carbocycles. The maximum atomic E-state index is 12.0. The highest BCUT2D eigenvalue weighted by Crippen LogP contribution is 2.29. The molecule has 94 valence electrons. The molecule has 0 aromatic rings. The van der Waals surface area contributed by atoms with Gasteiger partial charge in [0.2, 0.25) is 0 Å². The van der Waals surface area contributed by atoms with E-state index in [0.29, 0.717) is 25.3 Å². The minimum atomic E-state index is -0.353. The van der Waals surface area contributed by atoms with E-state index in [0.717, 1.165) is 25.9 Å². The van der Waals surface area contributed by atoms with E-state index in [1.54, 1.807) is 0 Å². The maximum Gasteiger partial charge on any atom is 0.258 e. The Morgan fingerprint density at radius 3 is 2.47 bits per heavy atom. The van der Waals surface area contributed by atoms with Crippen LogP contribution in [0, 0.1) is 5.92 Å². The van der Waals surface area contributed by atoms with Crippen molar-refractivity contribution in [3.8, 4) is 0 Å². The molecule has 5 nitrogen and oxygen atoms in total. The minimum Gasteiger partial charge on any atom is -0.355 e. The molecular formula is C12H18N2O3. The summed E-state index contributed by atoms with van der Waals surface area (Å²) < 4.78 is 5.38. The van der Waals surface area contributed by atoms with Gasteiger partial charge < -0.3 is 10.1 Å². The van der Waals surface area contributed by atoms with Crippen molar-refractivity contribution >= 4 is 11.8 Å². The van der Waals surface area contributed by atoms with Gasteiger partial charge in [-0.3, -0.25) is 14.5 Å². The predicted molar refractivity (Wildman–Crippen MR) is 60.2 cm³/mol. The van der Waals surface area contributed by atoms with Gasteiger partial charge in [0.15, 0.2) is 0 Å². The number of hydrogen-bond acceptors (Lipinski definition) is 4. The van der Waals surface area contributed by atoms with E-state index in [-0.39, 0.29) is 24.0 Å². The first-order valence-electron chi connectivity index (χ1n) is 6.47. The predicted octanol–water partition coefficient (Wildman–Crippen LogP) is -0.0976. The molecule has 3 heterocycles. The fourth-order valence-electron chi connectivity index (χ4n) is 2.97. The normalized spacial score (nSPS) is 37.6. The number of likely N-dealkylation sites (tertiary alicyclic amines) is 1. The summed E-state index contributed by atoms with van der Waals surface area (Å²) in [6.45, 7) is 2.53. The molecule has 2 amide bonds. The van der Waals surface area contributed by atoms with Crippen molar-refractivity contribution in [3.63, 3.8) is 0 Å². The number of nitrogens with zero attached hydrogens (tertiary/aromatic N) is 1. The molecule has 3 aliphatic heterocycles. The molecule has 0 spiro atoms. The molecule has 0 aliphatic carbocycles. The lowest BCUT2D eigenvalue weighted by atomic mass is 9.98. The molecule has 3 unspecified atom stereocenters. The Morgan fingerprint density at radius 2 is 1.88 bits per heavy atom. The number of carbonyl (C=O) groups is 2. The fraction of sp³-hybridized carbons (Fsp3) is 0.833. The molecule has 3 fully saturated rings. The van der Waals surface area contributed by atoms with Gasteiger partial charge in [-0.1, -0.05) is 0 Å². The number of morpholine rings is 1. The smallest absolute Gasteiger partial charge is 0.258 e. The fourth-order valence-corrected chi connectivity index (χ4v) is 2.97. The second kappa shape index (κ2) is 4.38. The molecule has 3 atom stereocenters. The number of carbonyl (C=O) groups excluding carboxylic acids is 2. The number of piperidine rings is 1. The van der Waals surface area contributed by atoms with Crippen molar-refractivity contribution in [1.82, 2.24) is 10.2 Å². The second-order valence-electron chi connectivity index (χ2n) is 5.19. The Labute approximate surface area is 100 Å². The number of nitrogens with one attached hydrogen (secondary N) is 1. The van der Waals surface area contributed by atoms with Crippen LogP contribution in [0.3, 0.4) is 0 Å². The van der Waals surface area contributed by atoms with E-state index >= 15 is 0 Å². The largest absolute Gasteiger partial charge is 0.355 e. The number of ether oxygens (including phenoxy) is 1. The van der Waals surface area contributed by atoms with Crippen molar-refractivity contribution in [3.05, 3.63) is 0 Å². The van der Waals surface area contributed by atoms with Crippen LogP contribution >= 0.6 is 0 Å². The Hall–Kier alpha value is -0.940. The minimum absolute atomic E-state index is 0.116. The van der Waals surface area contributed by atoms with E-state index in [4.69, 9.17) is 4.74 Å². The number of hydrogen-bond donors (Lipinski definition) is 1. The highest BCUT2D eigenvalue weighted by atomic mass is 16.5. The van der Waals surface area contributed by atoms with Gasteiger partial charge in [0.1, 0.15) is 12.2 Å². The van der Waals surface area contributed by atoms with Crippen molar-refractivity contribution in [2.24, 2.45) is 5.92 Å². The lowest BCUT2D eigenvalue weighted by molar-refractivity contribution is -0.169. The summed E-state index contributed by atoms with van der Waals surface area (Å²) >= 11 is 0.